The predicted molar refractivity (Wildman–Crippen MR) is 80.4 cm³/mol. The van der Waals surface area contributed by atoms with Gasteiger partial charge in [-0.05, 0) is 23.7 Å². The Labute approximate surface area is 122 Å². The number of hydrogen-bond donors (Lipinski definition) is 0. The van der Waals surface area contributed by atoms with Crippen LogP contribution in [-0.4, -0.2) is 19.7 Å². The van der Waals surface area contributed by atoms with Crippen LogP contribution in [0.5, 0.6) is 0 Å². The van der Waals surface area contributed by atoms with Crippen LogP contribution in [0.4, 0.5) is 0 Å². The number of pyridine rings is 1. The molecule has 2 aromatic heterocycles. The molecule has 0 bridgehead atoms. The Morgan fingerprint density at radius 3 is 2.60 bits per heavy atom. The summed E-state index contributed by atoms with van der Waals surface area (Å²) >= 11 is 6.20. The van der Waals surface area contributed by atoms with Crippen LogP contribution in [0, 0.1) is 0 Å². The van der Waals surface area contributed by atoms with E-state index in [0.29, 0.717) is 5.28 Å². The first-order valence-corrected chi connectivity index (χ1v) is 6.81. The highest BCUT2D eigenvalue weighted by Gasteiger charge is 2.24. The Balaban J connectivity index is 2.23. The van der Waals surface area contributed by atoms with E-state index in [-0.39, 0.29) is 5.41 Å². The third-order valence-corrected chi connectivity index (χ3v) is 3.37. The molecule has 0 saturated carbocycles. The maximum Gasteiger partial charge on any atom is 0.229 e. The zero-order chi connectivity index (χ0) is 14.3. The van der Waals surface area contributed by atoms with Crippen molar-refractivity contribution in [2.45, 2.75) is 26.2 Å². The van der Waals surface area contributed by atoms with Gasteiger partial charge in [0.2, 0.25) is 5.28 Å². The van der Waals surface area contributed by atoms with Crippen LogP contribution in [0.25, 0.3) is 16.6 Å². The van der Waals surface area contributed by atoms with Crippen LogP contribution in [0.15, 0.2) is 36.5 Å². The quantitative estimate of drug-likeness (QED) is 0.684. The molecule has 0 N–H and O–H groups in total. The van der Waals surface area contributed by atoms with Gasteiger partial charge in [-0.1, -0.05) is 39.0 Å². The minimum absolute atomic E-state index is 0.147. The fourth-order valence-electron chi connectivity index (χ4n) is 2.16. The summed E-state index contributed by atoms with van der Waals surface area (Å²) in [6, 6.07) is 10.0. The molecule has 3 aromatic rings. The molecule has 5 heteroatoms. The standard InChI is InChI=1S/C15H15ClN4/c1-15(2,3)13-18-19-14(16)20(13)11-8-10-6-4-5-7-12(10)17-9-11/h4-9H,1-3H3. The highest BCUT2D eigenvalue weighted by molar-refractivity contribution is 6.28. The minimum atomic E-state index is -0.147. The molecule has 0 saturated heterocycles. The Bertz CT molecular complexity index is 771. The lowest BCUT2D eigenvalue weighted by Gasteiger charge is -2.19. The summed E-state index contributed by atoms with van der Waals surface area (Å²) in [7, 11) is 0. The Morgan fingerprint density at radius 1 is 1.10 bits per heavy atom. The lowest BCUT2D eigenvalue weighted by Crippen LogP contribution is -2.18. The number of hydrogen-bond acceptors (Lipinski definition) is 3. The van der Waals surface area contributed by atoms with E-state index in [2.05, 4.69) is 36.0 Å². The van der Waals surface area contributed by atoms with Gasteiger partial charge in [0.15, 0.2) is 0 Å². The molecular weight excluding hydrogens is 272 g/mol. The Hall–Kier alpha value is -1.94. The number of rotatable bonds is 1. The average Bonchev–Trinajstić information content (AvgIpc) is 2.80. The molecule has 0 fully saturated rings. The number of halogens is 1. The van der Waals surface area contributed by atoms with E-state index < -0.39 is 0 Å². The zero-order valence-corrected chi connectivity index (χ0v) is 12.4. The first-order valence-electron chi connectivity index (χ1n) is 6.43. The van der Waals surface area contributed by atoms with E-state index in [1.807, 2.05) is 34.9 Å². The Morgan fingerprint density at radius 2 is 1.85 bits per heavy atom. The Kier molecular flexibility index (Phi) is 2.98. The largest absolute Gasteiger partial charge is 0.268 e. The van der Waals surface area contributed by atoms with Gasteiger partial charge in [-0.3, -0.25) is 9.55 Å². The number of para-hydroxylation sites is 1. The summed E-state index contributed by atoms with van der Waals surface area (Å²) in [6.45, 7) is 6.24. The number of nitrogens with zero attached hydrogens (tertiary/aromatic N) is 4. The normalized spacial score (nSPS) is 12.0. The number of benzene rings is 1. The molecule has 0 unspecified atom stereocenters. The van der Waals surface area contributed by atoms with Crippen molar-refractivity contribution in [1.82, 2.24) is 19.7 Å². The minimum Gasteiger partial charge on any atom is -0.268 e. The summed E-state index contributed by atoms with van der Waals surface area (Å²) in [5, 5.41) is 9.60. The van der Waals surface area contributed by atoms with E-state index in [1.165, 1.54) is 0 Å². The summed E-state index contributed by atoms with van der Waals surface area (Å²) in [5.74, 6) is 0.819. The lowest BCUT2D eigenvalue weighted by atomic mass is 9.95. The van der Waals surface area contributed by atoms with E-state index in [9.17, 15) is 0 Å². The van der Waals surface area contributed by atoms with E-state index in [4.69, 9.17) is 11.6 Å². The summed E-state index contributed by atoms with van der Waals surface area (Å²) in [6.07, 6.45) is 1.80. The van der Waals surface area contributed by atoms with E-state index in [1.54, 1.807) is 6.20 Å². The van der Waals surface area contributed by atoms with Crippen LogP contribution in [0.2, 0.25) is 5.28 Å². The van der Waals surface area contributed by atoms with E-state index in [0.717, 1.165) is 22.4 Å². The average molecular weight is 287 g/mol. The lowest BCUT2D eigenvalue weighted by molar-refractivity contribution is 0.533. The molecule has 3 rings (SSSR count). The molecule has 1 aromatic carbocycles. The second kappa shape index (κ2) is 4.56. The predicted octanol–water partition coefficient (Wildman–Crippen LogP) is 3.77. The van der Waals surface area contributed by atoms with Crippen molar-refractivity contribution in [3.8, 4) is 5.69 Å². The molecule has 0 aliphatic rings. The highest BCUT2D eigenvalue weighted by atomic mass is 35.5. The van der Waals surface area contributed by atoms with Crippen LogP contribution in [0.1, 0.15) is 26.6 Å². The van der Waals surface area contributed by atoms with Gasteiger partial charge in [0.05, 0.1) is 17.4 Å². The van der Waals surface area contributed by atoms with Crippen molar-refractivity contribution in [2.24, 2.45) is 0 Å². The second-order valence-electron chi connectivity index (χ2n) is 5.76. The van der Waals surface area contributed by atoms with Gasteiger partial charge in [0, 0.05) is 10.8 Å². The van der Waals surface area contributed by atoms with Crippen molar-refractivity contribution in [3.63, 3.8) is 0 Å². The van der Waals surface area contributed by atoms with Gasteiger partial charge in [-0.15, -0.1) is 10.2 Å². The second-order valence-corrected chi connectivity index (χ2v) is 6.10. The van der Waals surface area contributed by atoms with Crippen molar-refractivity contribution in [2.75, 3.05) is 0 Å². The summed E-state index contributed by atoms with van der Waals surface area (Å²) < 4.78 is 1.85. The van der Waals surface area contributed by atoms with Gasteiger partial charge < -0.3 is 0 Å². The molecule has 0 aliphatic heterocycles. The molecule has 2 heterocycles. The van der Waals surface area contributed by atoms with Gasteiger partial charge in [-0.2, -0.15) is 0 Å². The first-order chi connectivity index (χ1) is 9.47. The molecule has 102 valence electrons. The molecule has 0 spiro atoms. The van der Waals surface area contributed by atoms with Crippen LogP contribution in [0.3, 0.4) is 0 Å². The van der Waals surface area contributed by atoms with Crippen molar-refractivity contribution in [1.29, 1.82) is 0 Å². The topological polar surface area (TPSA) is 43.6 Å². The van der Waals surface area contributed by atoms with Gasteiger partial charge in [0.1, 0.15) is 5.82 Å². The molecular formula is C15H15ClN4. The molecule has 4 nitrogen and oxygen atoms in total. The smallest absolute Gasteiger partial charge is 0.229 e. The fraction of sp³-hybridized carbons (Fsp3) is 0.267. The molecule has 0 amide bonds. The molecule has 0 atom stereocenters. The van der Waals surface area contributed by atoms with Crippen molar-refractivity contribution in [3.05, 3.63) is 47.6 Å². The summed E-state index contributed by atoms with van der Waals surface area (Å²) in [5.41, 5.74) is 1.69. The van der Waals surface area contributed by atoms with Crippen LogP contribution < -0.4 is 0 Å². The molecule has 0 aliphatic carbocycles. The maximum atomic E-state index is 6.20. The van der Waals surface area contributed by atoms with Crippen molar-refractivity contribution >= 4 is 22.5 Å². The maximum absolute atomic E-state index is 6.20. The third kappa shape index (κ3) is 2.16. The molecule has 20 heavy (non-hydrogen) atoms. The van der Waals surface area contributed by atoms with Gasteiger partial charge in [-0.25, -0.2) is 0 Å². The van der Waals surface area contributed by atoms with Crippen LogP contribution in [-0.2, 0) is 5.41 Å². The summed E-state index contributed by atoms with van der Waals surface area (Å²) in [4.78, 5) is 4.47. The number of aromatic nitrogens is 4. The number of fused-ring (bicyclic) bond motifs is 1. The monoisotopic (exact) mass is 286 g/mol. The fourth-order valence-corrected chi connectivity index (χ4v) is 2.38. The van der Waals surface area contributed by atoms with Gasteiger partial charge >= 0.3 is 0 Å². The highest BCUT2D eigenvalue weighted by Crippen LogP contribution is 2.27. The third-order valence-electron chi connectivity index (χ3n) is 3.13. The first kappa shape index (κ1) is 13.1. The molecule has 0 radical (unpaired) electrons. The van der Waals surface area contributed by atoms with Crippen LogP contribution >= 0.6 is 11.6 Å². The van der Waals surface area contributed by atoms with Crippen molar-refractivity contribution < 1.29 is 0 Å². The van der Waals surface area contributed by atoms with E-state index >= 15 is 0 Å². The zero-order valence-electron chi connectivity index (χ0n) is 11.6. The van der Waals surface area contributed by atoms with Gasteiger partial charge in [0.25, 0.3) is 0 Å². The SMILES string of the molecule is CC(C)(C)c1nnc(Cl)n1-c1cnc2ccccc2c1.